The predicted octanol–water partition coefficient (Wildman–Crippen LogP) is -0.510. The minimum Gasteiger partial charge on any atom is -0.463 e. The first-order chi connectivity index (χ1) is 7.80. The van der Waals surface area contributed by atoms with E-state index in [4.69, 9.17) is 4.74 Å². The van der Waals surface area contributed by atoms with E-state index in [1.807, 2.05) is 0 Å². The van der Waals surface area contributed by atoms with Crippen LogP contribution in [0.2, 0.25) is 0 Å². The molecule has 94 valence electrons. The topological polar surface area (TPSA) is 75.2 Å². The Morgan fingerprint density at radius 1 is 1.24 bits per heavy atom. The largest absolute Gasteiger partial charge is 0.463 e. The SMILES string of the molecule is CCOC(=O)C1n2c(=O)n(C(C)(C)C)c(=O)n21. The van der Waals surface area contributed by atoms with Crippen molar-refractivity contribution in [3.05, 3.63) is 21.0 Å². The van der Waals surface area contributed by atoms with E-state index in [0.29, 0.717) is 0 Å². The zero-order valence-corrected chi connectivity index (χ0v) is 10.3. The van der Waals surface area contributed by atoms with Crippen molar-refractivity contribution >= 4 is 5.97 Å². The third-order valence-electron chi connectivity index (χ3n) is 2.58. The molecule has 0 N–H and O–H groups in total. The lowest BCUT2D eigenvalue weighted by atomic mass is 10.1. The molecule has 0 amide bonds. The summed E-state index contributed by atoms with van der Waals surface area (Å²) in [6.07, 6.45) is -0.867. The van der Waals surface area contributed by atoms with Gasteiger partial charge in [0.1, 0.15) is 0 Å². The molecule has 0 bridgehead atoms. The Morgan fingerprint density at radius 2 is 1.71 bits per heavy atom. The van der Waals surface area contributed by atoms with Crippen molar-refractivity contribution < 1.29 is 9.53 Å². The zero-order chi connectivity index (χ0) is 13.0. The van der Waals surface area contributed by atoms with Crippen molar-refractivity contribution in [1.29, 1.82) is 0 Å². The van der Waals surface area contributed by atoms with E-state index in [-0.39, 0.29) is 6.61 Å². The first-order valence-electron chi connectivity index (χ1n) is 5.44. The van der Waals surface area contributed by atoms with E-state index >= 15 is 0 Å². The van der Waals surface area contributed by atoms with Crippen LogP contribution in [0.3, 0.4) is 0 Å². The van der Waals surface area contributed by atoms with E-state index < -0.39 is 29.1 Å². The van der Waals surface area contributed by atoms with Crippen LogP contribution in [0.25, 0.3) is 0 Å². The number of carbonyl (C=O) groups excluding carboxylic acids is 1. The van der Waals surface area contributed by atoms with Crippen molar-refractivity contribution in [2.75, 3.05) is 6.61 Å². The Morgan fingerprint density at radius 3 is 2.06 bits per heavy atom. The fourth-order valence-electron chi connectivity index (χ4n) is 1.84. The molecule has 0 fully saturated rings. The molecule has 0 aliphatic carbocycles. The summed E-state index contributed by atoms with van der Waals surface area (Å²) in [7, 11) is 0. The van der Waals surface area contributed by atoms with Crippen LogP contribution in [0, 0.1) is 0 Å². The molecule has 0 spiro atoms. The molecule has 2 rings (SSSR count). The summed E-state index contributed by atoms with van der Waals surface area (Å²) in [5, 5.41) is 0. The van der Waals surface area contributed by atoms with Crippen molar-refractivity contribution in [3.8, 4) is 0 Å². The number of hydrogen-bond acceptors (Lipinski definition) is 4. The second kappa shape index (κ2) is 3.35. The van der Waals surface area contributed by atoms with Gasteiger partial charge in [-0.2, -0.15) is 9.36 Å². The van der Waals surface area contributed by atoms with E-state index in [9.17, 15) is 14.4 Å². The maximum atomic E-state index is 11.9. The highest BCUT2D eigenvalue weighted by atomic mass is 16.5. The highest BCUT2D eigenvalue weighted by Crippen LogP contribution is 2.21. The molecule has 0 saturated carbocycles. The Hall–Kier alpha value is -1.79. The minimum atomic E-state index is -0.867. The Kier molecular flexibility index (Phi) is 2.30. The number of esters is 1. The Bertz CT molecular complexity index is 549. The molecule has 0 aromatic carbocycles. The smallest absolute Gasteiger partial charge is 0.353 e. The lowest BCUT2D eigenvalue weighted by Crippen LogP contribution is -2.43. The third kappa shape index (κ3) is 1.53. The highest BCUT2D eigenvalue weighted by Gasteiger charge is 2.47. The molecule has 1 aliphatic heterocycles. The van der Waals surface area contributed by atoms with Gasteiger partial charge in [0.25, 0.3) is 0 Å². The van der Waals surface area contributed by atoms with E-state index in [0.717, 1.165) is 13.9 Å². The zero-order valence-electron chi connectivity index (χ0n) is 10.3. The van der Waals surface area contributed by atoms with Crippen LogP contribution in [0.15, 0.2) is 9.59 Å². The van der Waals surface area contributed by atoms with E-state index in [1.165, 1.54) is 0 Å². The Balaban J connectivity index is 2.42. The Labute approximate surface area is 97.2 Å². The average molecular weight is 241 g/mol. The molecule has 17 heavy (non-hydrogen) atoms. The second-order valence-electron chi connectivity index (χ2n) is 4.89. The lowest BCUT2D eigenvalue weighted by molar-refractivity contribution is -0.144. The standard InChI is InChI=1S/C10H15N3O4/c1-5-17-7(14)6-12-8(15)11(10(2,3)4)9(16)13(6)12/h6H,5H2,1-4H3. The maximum absolute atomic E-state index is 11.9. The third-order valence-corrected chi connectivity index (χ3v) is 2.58. The number of hydrogen-bond donors (Lipinski definition) is 0. The van der Waals surface area contributed by atoms with E-state index in [1.54, 1.807) is 27.7 Å². The first kappa shape index (κ1) is 11.7. The van der Waals surface area contributed by atoms with Gasteiger partial charge < -0.3 is 4.74 Å². The predicted molar refractivity (Wildman–Crippen MR) is 59.0 cm³/mol. The lowest BCUT2D eigenvalue weighted by Gasteiger charge is -2.18. The number of aromatic nitrogens is 3. The van der Waals surface area contributed by atoms with Crippen molar-refractivity contribution in [2.45, 2.75) is 39.4 Å². The first-order valence-corrected chi connectivity index (χ1v) is 5.44. The number of ether oxygens (including phenoxy) is 1. The molecule has 2 heterocycles. The molecule has 7 heteroatoms. The van der Waals surface area contributed by atoms with Gasteiger partial charge in [-0.05, 0) is 27.7 Å². The van der Waals surface area contributed by atoms with Crippen LogP contribution >= 0.6 is 0 Å². The van der Waals surface area contributed by atoms with Crippen molar-refractivity contribution in [2.24, 2.45) is 0 Å². The average Bonchev–Trinajstić information content (AvgIpc) is 2.84. The molecule has 1 aromatic rings. The minimum absolute atomic E-state index is 0.225. The number of fused-ring (bicyclic) bond motifs is 1. The van der Waals surface area contributed by atoms with E-state index in [2.05, 4.69) is 0 Å². The second-order valence-corrected chi connectivity index (χ2v) is 4.89. The molecular formula is C10H15N3O4. The molecule has 1 aliphatic rings. The summed E-state index contributed by atoms with van der Waals surface area (Å²) in [5.74, 6) is -0.567. The van der Waals surface area contributed by atoms with Gasteiger partial charge in [-0.3, -0.25) is 0 Å². The van der Waals surface area contributed by atoms with Gasteiger partial charge in [0.15, 0.2) is 0 Å². The van der Waals surface area contributed by atoms with Crippen LogP contribution in [0.5, 0.6) is 0 Å². The molecular weight excluding hydrogens is 226 g/mol. The van der Waals surface area contributed by atoms with Gasteiger partial charge in [-0.25, -0.2) is 19.0 Å². The van der Waals surface area contributed by atoms with Crippen LogP contribution in [0.4, 0.5) is 0 Å². The van der Waals surface area contributed by atoms with Gasteiger partial charge >= 0.3 is 17.3 Å². The maximum Gasteiger partial charge on any atom is 0.353 e. The van der Waals surface area contributed by atoms with Gasteiger partial charge in [0.2, 0.25) is 6.17 Å². The monoisotopic (exact) mass is 241 g/mol. The van der Waals surface area contributed by atoms with Crippen LogP contribution < -0.4 is 11.4 Å². The molecule has 0 saturated heterocycles. The highest BCUT2D eigenvalue weighted by molar-refractivity contribution is 5.76. The van der Waals surface area contributed by atoms with Gasteiger partial charge in [-0.15, -0.1) is 0 Å². The quantitative estimate of drug-likeness (QED) is 0.653. The van der Waals surface area contributed by atoms with Crippen LogP contribution in [0.1, 0.15) is 33.9 Å². The molecule has 7 nitrogen and oxygen atoms in total. The van der Waals surface area contributed by atoms with Gasteiger partial charge in [0.05, 0.1) is 6.61 Å². The van der Waals surface area contributed by atoms with Crippen LogP contribution in [-0.2, 0) is 15.1 Å². The summed E-state index contributed by atoms with van der Waals surface area (Å²) < 4.78 is 8.14. The van der Waals surface area contributed by atoms with Gasteiger partial charge in [-0.1, -0.05) is 0 Å². The summed E-state index contributed by atoms with van der Waals surface area (Å²) in [5.41, 5.74) is -1.54. The number of rotatable bonds is 2. The summed E-state index contributed by atoms with van der Waals surface area (Å²) in [6, 6.07) is 0. The van der Waals surface area contributed by atoms with Crippen LogP contribution in [-0.4, -0.2) is 26.5 Å². The van der Waals surface area contributed by atoms with Gasteiger partial charge in [0, 0.05) is 5.54 Å². The molecule has 0 atom stereocenters. The molecule has 0 radical (unpaired) electrons. The van der Waals surface area contributed by atoms with Crippen molar-refractivity contribution in [3.63, 3.8) is 0 Å². The molecule has 0 unspecified atom stereocenters. The normalized spacial score (nSPS) is 14.6. The summed E-state index contributed by atoms with van der Waals surface area (Å²) in [6.45, 7) is 7.17. The fraction of sp³-hybridized carbons (Fsp3) is 0.700. The number of carbonyl (C=O) groups is 1. The summed E-state index contributed by atoms with van der Waals surface area (Å²) in [4.78, 5) is 35.2. The summed E-state index contributed by atoms with van der Waals surface area (Å²) >= 11 is 0. The molecule has 1 aromatic heterocycles. The van der Waals surface area contributed by atoms with Crippen molar-refractivity contribution in [1.82, 2.24) is 13.9 Å². The fourth-order valence-corrected chi connectivity index (χ4v) is 1.84. The number of nitrogens with zero attached hydrogens (tertiary/aromatic N) is 3.